The van der Waals surface area contributed by atoms with E-state index in [9.17, 15) is 9.59 Å². The van der Waals surface area contributed by atoms with Gasteiger partial charge in [0, 0.05) is 17.7 Å². The van der Waals surface area contributed by atoms with Crippen LogP contribution in [0.15, 0.2) is 33.0 Å². The monoisotopic (exact) mass is 337 g/mol. The van der Waals surface area contributed by atoms with Crippen LogP contribution in [0, 0.1) is 11.3 Å². The molecular formula is C12H8BrN3O2S. The van der Waals surface area contributed by atoms with Crippen LogP contribution in [0.2, 0.25) is 0 Å². The Bertz CT molecular complexity index is 742. The molecule has 0 saturated carbocycles. The predicted octanol–water partition coefficient (Wildman–Crippen LogP) is 2.33. The Labute approximate surface area is 121 Å². The lowest BCUT2D eigenvalue weighted by Gasteiger charge is -2.06. The summed E-state index contributed by atoms with van der Waals surface area (Å²) in [4.78, 5) is 24.2. The van der Waals surface area contributed by atoms with Crippen molar-refractivity contribution in [1.82, 2.24) is 4.57 Å². The van der Waals surface area contributed by atoms with Gasteiger partial charge in [-0.2, -0.15) is 5.26 Å². The number of nitrogens with one attached hydrogen (secondary N) is 1. The molecule has 2 rings (SSSR count). The summed E-state index contributed by atoms with van der Waals surface area (Å²) in [6, 6.07) is 5.03. The molecule has 2 aromatic heterocycles. The molecule has 0 aromatic carbocycles. The number of nitriles is 1. The van der Waals surface area contributed by atoms with Gasteiger partial charge >= 0.3 is 0 Å². The van der Waals surface area contributed by atoms with Gasteiger partial charge in [0.05, 0.1) is 5.56 Å². The maximum atomic E-state index is 12.0. The van der Waals surface area contributed by atoms with Crippen molar-refractivity contribution in [3.05, 3.63) is 49.0 Å². The second-order valence-corrected chi connectivity index (χ2v) is 5.55. The van der Waals surface area contributed by atoms with Crippen LogP contribution in [0.3, 0.4) is 0 Å². The number of aromatic nitrogens is 1. The van der Waals surface area contributed by atoms with Crippen LogP contribution >= 0.6 is 27.3 Å². The van der Waals surface area contributed by atoms with E-state index in [1.165, 1.54) is 10.6 Å². The summed E-state index contributed by atoms with van der Waals surface area (Å²) >= 11 is 4.41. The summed E-state index contributed by atoms with van der Waals surface area (Å²) in [6.07, 6.45) is 1.60. The summed E-state index contributed by atoms with van der Waals surface area (Å²) < 4.78 is 2.04. The molecule has 19 heavy (non-hydrogen) atoms. The van der Waals surface area contributed by atoms with Gasteiger partial charge in [-0.25, -0.2) is 0 Å². The minimum atomic E-state index is -0.457. The van der Waals surface area contributed by atoms with Gasteiger partial charge in [0.15, 0.2) is 0 Å². The summed E-state index contributed by atoms with van der Waals surface area (Å²) in [5.74, 6) is -0.457. The third-order valence-electron chi connectivity index (χ3n) is 2.39. The van der Waals surface area contributed by atoms with E-state index in [-0.39, 0.29) is 11.2 Å². The Kier molecular flexibility index (Phi) is 3.83. The average Bonchev–Trinajstić information content (AvgIpc) is 2.83. The van der Waals surface area contributed by atoms with Crippen LogP contribution in [0.4, 0.5) is 5.69 Å². The largest absolute Gasteiger partial charge is 0.317 e. The molecule has 1 amide bonds. The van der Waals surface area contributed by atoms with Gasteiger partial charge in [-0.1, -0.05) is 0 Å². The Balaban J connectivity index is 2.35. The van der Waals surface area contributed by atoms with Gasteiger partial charge in [0.1, 0.15) is 16.6 Å². The number of hydrogen-bond acceptors (Lipinski definition) is 4. The van der Waals surface area contributed by atoms with Crippen molar-refractivity contribution in [2.24, 2.45) is 7.05 Å². The second-order valence-electron chi connectivity index (χ2n) is 3.72. The smallest absolute Gasteiger partial charge is 0.274 e. The third-order valence-corrected chi connectivity index (χ3v) is 3.74. The van der Waals surface area contributed by atoms with Gasteiger partial charge in [-0.3, -0.25) is 9.59 Å². The number of halogens is 1. The highest BCUT2D eigenvalue weighted by Crippen LogP contribution is 2.18. The molecule has 2 aromatic rings. The Morgan fingerprint density at radius 1 is 1.58 bits per heavy atom. The highest BCUT2D eigenvalue weighted by Gasteiger charge is 2.15. The average molecular weight is 338 g/mol. The molecule has 1 N–H and O–H groups in total. The molecular weight excluding hydrogens is 330 g/mol. The maximum Gasteiger partial charge on any atom is 0.274 e. The number of carbonyl (C=O) groups is 1. The van der Waals surface area contributed by atoms with Crippen molar-refractivity contribution in [2.45, 2.75) is 0 Å². The SMILES string of the molecule is Cn1cc(Br)cc(NC(=O)c2sccc2C#N)c1=O. The van der Waals surface area contributed by atoms with E-state index < -0.39 is 5.91 Å². The number of nitrogens with zero attached hydrogens (tertiary/aromatic N) is 2. The van der Waals surface area contributed by atoms with Crippen molar-refractivity contribution in [3.63, 3.8) is 0 Å². The van der Waals surface area contributed by atoms with Crippen molar-refractivity contribution in [2.75, 3.05) is 5.32 Å². The fourth-order valence-electron chi connectivity index (χ4n) is 1.51. The number of hydrogen-bond donors (Lipinski definition) is 1. The fourth-order valence-corrected chi connectivity index (χ4v) is 2.79. The first-order chi connectivity index (χ1) is 9.02. The van der Waals surface area contributed by atoms with Crippen LogP contribution in [-0.4, -0.2) is 10.5 Å². The van der Waals surface area contributed by atoms with E-state index in [0.29, 0.717) is 14.9 Å². The number of aryl methyl sites for hydroxylation is 1. The van der Waals surface area contributed by atoms with Crippen molar-refractivity contribution in [3.8, 4) is 6.07 Å². The first-order valence-electron chi connectivity index (χ1n) is 5.18. The van der Waals surface area contributed by atoms with Gasteiger partial charge in [-0.15, -0.1) is 11.3 Å². The van der Waals surface area contributed by atoms with Gasteiger partial charge in [0.2, 0.25) is 0 Å². The van der Waals surface area contributed by atoms with Gasteiger partial charge < -0.3 is 9.88 Å². The highest BCUT2D eigenvalue weighted by molar-refractivity contribution is 9.10. The zero-order valence-corrected chi connectivity index (χ0v) is 12.2. The molecule has 0 bridgehead atoms. The van der Waals surface area contributed by atoms with Crippen LogP contribution in [0.1, 0.15) is 15.2 Å². The summed E-state index contributed by atoms with van der Waals surface area (Å²) in [5, 5.41) is 13.1. The molecule has 0 spiro atoms. The zero-order chi connectivity index (χ0) is 14.0. The molecule has 96 valence electrons. The Morgan fingerprint density at radius 2 is 2.32 bits per heavy atom. The molecule has 0 aliphatic heterocycles. The van der Waals surface area contributed by atoms with Crippen molar-refractivity contribution >= 4 is 38.9 Å². The maximum absolute atomic E-state index is 12.0. The van der Waals surface area contributed by atoms with Gasteiger partial charge in [0.25, 0.3) is 11.5 Å². The lowest BCUT2D eigenvalue weighted by atomic mass is 10.2. The molecule has 0 saturated heterocycles. The van der Waals surface area contributed by atoms with Crippen LogP contribution in [0.25, 0.3) is 0 Å². The quantitative estimate of drug-likeness (QED) is 0.913. The standard InChI is InChI=1S/C12H8BrN3O2S/c1-16-6-8(13)4-9(12(16)18)15-11(17)10-7(5-14)2-3-19-10/h2-4,6H,1H3,(H,15,17). The van der Waals surface area contributed by atoms with E-state index in [1.54, 1.807) is 24.7 Å². The van der Waals surface area contributed by atoms with E-state index >= 15 is 0 Å². The fraction of sp³-hybridized carbons (Fsp3) is 0.0833. The Hall–Kier alpha value is -1.91. The molecule has 5 nitrogen and oxygen atoms in total. The number of anilines is 1. The summed E-state index contributed by atoms with van der Waals surface area (Å²) in [6.45, 7) is 0. The van der Waals surface area contributed by atoms with E-state index in [4.69, 9.17) is 5.26 Å². The number of thiophene rings is 1. The van der Waals surface area contributed by atoms with E-state index in [0.717, 1.165) is 11.3 Å². The summed E-state index contributed by atoms with van der Waals surface area (Å²) in [7, 11) is 1.59. The molecule has 0 aliphatic rings. The molecule has 0 fully saturated rings. The lowest BCUT2D eigenvalue weighted by Crippen LogP contribution is -2.23. The minimum absolute atomic E-state index is 0.166. The number of amides is 1. The van der Waals surface area contributed by atoms with E-state index in [1.807, 2.05) is 6.07 Å². The van der Waals surface area contributed by atoms with Crippen LogP contribution < -0.4 is 10.9 Å². The second kappa shape index (κ2) is 5.38. The molecule has 2 heterocycles. The third kappa shape index (κ3) is 2.75. The van der Waals surface area contributed by atoms with E-state index in [2.05, 4.69) is 21.2 Å². The van der Waals surface area contributed by atoms with Crippen molar-refractivity contribution in [1.29, 1.82) is 5.26 Å². The van der Waals surface area contributed by atoms with Crippen LogP contribution in [0.5, 0.6) is 0 Å². The molecule has 0 radical (unpaired) electrons. The zero-order valence-electron chi connectivity index (χ0n) is 9.81. The molecule has 0 atom stereocenters. The van der Waals surface area contributed by atoms with Gasteiger partial charge in [-0.05, 0) is 33.4 Å². The molecule has 0 unspecified atom stereocenters. The number of rotatable bonds is 2. The first kappa shape index (κ1) is 13.5. The molecule has 7 heteroatoms. The number of pyridine rings is 1. The molecule has 0 aliphatic carbocycles. The number of carbonyl (C=O) groups excluding carboxylic acids is 1. The summed E-state index contributed by atoms with van der Waals surface area (Å²) in [5.41, 5.74) is 0.153. The normalized spacial score (nSPS) is 9.95. The Morgan fingerprint density at radius 3 is 3.00 bits per heavy atom. The highest BCUT2D eigenvalue weighted by atomic mass is 79.9. The van der Waals surface area contributed by atoms with Crippen LogP contribution in [-0.2, 0) is 7.05 Å². The lowest BCUT2D eigenvalue weighted by molar-refractivity contribution is 0.103. The minimum Gasteiger partial charge on any atom is -0.317 e. The predicted molar refractivity (Wildman–Crippen MR) is 76.4 cm³/mol. The first-order valence-corrected chi connectivity index (χ1v) is 6.85. The van der Waals surface area contributed by atoms with Crippen molar-refractivity contribution < 1.29 is 4.79 Å². The topological polar surface area (TPSA) is 74.9 Å².